The van der Waals surface area contributed by atoms with Gasteiger partial charge in [-0.25, -0.2) is 4.68 Å². The van der Waals surface area contributed by atoms with Crippen LogP contribution in [0.2, 0.25) is 0 Å². The highest BCUT2D eigenvalue weighted by molar-refractivity contribution is 9.10. The summed E-state index contributed by atoms with van der Waals surface area (Å²) in [5, 5.41) is 13.1. The van der Waals surface area contributed by atoms with E-state index in [1.54, 1.807) is 0 Å². The zero-order valence-electron chi connectivity index (χ0n) is 8.24. The maximum absolute atomic E-state index is 12.3. The van der Waals surface area contributed by atoms with Crippen molar-refractivity contribution in [2.45, 2.75) is 6.18 Å². The molecule has 0 radical (unpaired) electrons. The van der Waals surface area contributed by atoms with Crippen molar-refractivity contribution in [2.24, 2.45) is 0 Å². The second-order valence-corrected chi connectivity index (χ2v) is 4.03. The Hall–Kier alpha value is -1.50. The Morgan fingerprint density at radius 3 is 2.18 bits per heavy atom. The first kappa shape index (κ1) is 12.0. The largest absolute Gasteiger partial charge is 0.504 e. The van der Waals surface area contributed by atoms with E-state index in [1.165, 1.54) is 23.0 Å². The van der Waals surface area contributed by atoms with E-state index < -0.39 is 11.7 Å². The molecule has 17 heavy (non-hydrogen) atoms. The van der Waals surface area contributed by atoms with Gasteiger partial charge in [0.15, 0.2) is 10.4 Å². The highest BCUT2D eigenvalue weighted by Gasteiger charge is 2.30. The van der Waals surface area contributed by atoms with Gasteiger partial charge in [-0.15, -0.1) is 0 Å². The third kappa shape index (κ3) is 2.28. The molecule has 90 valence electrons. The molecule has 2 aromatic rings. The number of hydrogen-bond acceptors (Lipinski definition) is 2. The number of aromatic nitrogens is 2. The van der Waals surface area contributed by atoms with E-state index in [1.807, 2.05) is 0 Å². The SMILES string of the molecule is Oc1cnn(-c2ccc(C(F)(F)F)cc2)c1Br. The van der Waals surface area contributed by atoms with Crippen LogP contribution in [-0.4, -0.2) is 14.9 Å². The van der Waals surface area contributed by atoms with Gasteiger partial charge in [0.2, 0.25) is 0 Å². The summed E-state index contributed by atoms with van der Waals surface area (Å²) in [6, 6.07) is 4.47. The highest BCUT2D eigenvalue weighted by atomic mass is 79.9. The molecule has 2 rings (SSSR count). The number of halogens is 4. The number of hydrogen-bond donors (Lipinski definition) is 1. The van der Waals surface area contributed by atoms with Gasteiger partial charge in [-0.05, 0) is 40.2 Å². The lowest BCUT2D eigenvalue weighted by atomic mass is 10.2. The van der Waals surface area contributed by atoms with Gasteiger partial charge in [-0.1, -0.05) is 0 Å². The summed E-state index contributed by atoms with van der Waals surface area (Å²) in [7, 11) is 0. The van der Waals surface area contributed by atoms with Crippen LogP contribution in [0.3, 0.4) is 0 Å². The minimum atomic E-state index is -4.36. The van der Waals surface area contributed by atoms with Crippen LogP contribution in [0.15, 0.2) is 35.1 Å². The van der Waals surface area contributed by atoms with Gasteiger partial charge in [0, 0.05) is 0 Å². The Bertz CT molecular complexity index is 533. The van der Waals surface area contributed by atoms with Crippen molar-refractivity contribution in [3.05, 3.63) is 40.6 Å². The lowest BCUT2D eigenvalue weighted by Crippen LogP contribution is -2.05. The fourth-order valence-corrected chi connectivity index (χ4v) is 1.70. The van der Waals surface area contributed by atoms with E-state index in [2.05, 4.69) is 21.0 Å². The average molecular weight is 307 g/mol. The van der Waals surface area contributed by atoms with E-state index in [0.29, 0.717) is 5.69 Å². The molecule has 3 nitrogen and oxygen atoms in total. The van der Waals surface area contributed by atoms with Crippen LogP contribution >= 0.6 is 15.9 Å². The Morgan fingerprint density at radius 1 is 1.18 bits per heavy atom. The van der Waals surface area contributed by atoms with Crippen molar-refractivity contribution < 1.29 is 18.3 Å². The van der Waals surface area contributed by atoms with Gasteiger partial charge >= 0.3 is 6.18 Å². The average Bonchev–Trinajstić information content (AvgIpc) is 2.59. The minimum absolute atomic E-state index is 0.0788. The molecule has 0 saturated heterocycles. The summed E-state index contributed by atoms with van der Waals surface area (Å²) in [5.74, 6) is -0.0788. The Morgan fingerprint density at radius 2 is 1.76 bits per heavy atom. The van der Waals surface area contributed by atoms with Crippen LogP contribution in [0.25, 0.3) is 5.69 Å². The molecule has 0 atom stereocenters. The third-order valence-corrected chi connectivity index (χ3v) is 2.87. The molecule has 1 N–H and O–H groups in total. The number of alkyl halides is 3. The number of aromatic hydroxyl groups is 1. The third-order valence-electron chi connectivity index (χ3n) is 2.13. The smallest absolute Gasteiger partial charge is 0.416 e. The topological polar surface area (TPSA) is 38.1 Å². The van der Waals surface area contributed by atoms with E-state index >= 15 is 0 Å². The van der Waals surface area contributed by atoms with Gasteiger partial charge in [-0.2, -0.15) is 18.3 Å². The summed E-state index contributed by atoms with van der Waals surface area (Å²) in [6.45, 7) is 0. The van der Waals surface area contributed by atoms with Gasteiger partial charge in [0.25, 0.3) is 0 Å². The molecule has 1 heterocycles. The maximum Gasteiger partial charge on any atom is 0.416 e. The van der Waals surface area contributed by atoms with Crippen molar-refractivity contribution in [1.29, 1.82) is 0 Å². The molecule has 1 aromatic carbocycles. The molecular formula is C10H6BrF3N2O. The molecule has 0 aliphatic rings. The summed E-state index contributed by atoms with van der Waals surface area (Å²) < 4.78 is 38.6. The monoisotopic (exact) mass is 306 g/mol. The molecule has 0 spiro atoms. The predicted octanol–water partition coefficient (Wildman–Crippen LogP) is 3.36. The fraction of sp³-hybridized carbons (Fsp3) is 0.100. The minimum Gasteiger partial charge on any atom is -0.504 e. The number of benzene rings is 1. The van der Waals surface area contributed by atoms with E-state index in [-0.39, 0.29) is 10.4 Å². The number of nitrogens with zero attached hydrogens (tertiary/aromatic N) is 2. The zero-order chi connectivity index (χ0) is 12.6. The van der Waals surface area contributed by atoms with Gasteiger partial charge in [-0.3, -0.25) is 0 Å². The highest BCUT2D eigenvalue weighted by Crippen LogP contribution is 2.31. The molecule has 0 aliphatic carbocycles. The summed E-state index contributed by atoms with van der Waals surface area (Å²) in [6.07, 6.45) is -3.16. The van der Waals surface area contributed by atoms with Crippen molar-refractivity contribution in [1.82, 2.24) is 9.78 Å². The van der Waals surface area contributed by atoms with Gasteiger partial charge in [0.05, 0.1) is 17.4 Å². The number of rotatable bonds is 1. The van der Waals surface area contributed by atoms with Crippen LogP contribution in [0.5, 0.6) is 5.75 Å². The predicted molar refractivity (Wildman–Crippen MR) is 57.9 cm³/mol. The zero-order valence-corrected chi connectivity index (χ0v) is 9.83. The lowest BCUT2D eigenvalue weighted by Gasteiger charge is -2.08. The van der Waals surface area contributed by atoms with Crippen LogP contribution in [0.4, 0.5) is 13.2 Å². The second kappa shape index (κ2) is 4.06. The van der Waals surface area contributed by atoms with Gasteiger partial charge < -0.3 is 5.11 Å². The first-order valence-electron chi connectivity index (χ1n) is 4.49. The molecular weight excluding hydrogens is 301 g/mol. The Labute approximate surface area is 103 Å². The molecule has 0 amide bonds. The normalized spacial score (nSPS) is 11.8. The van der Waals surface area contributed by atoms with Crippen molar-refractivity contribution in [3.63, 3.8) is 0 Å². The lowest BCUT2D eigenvalue weighted by molar-refractivity contribution is -0.137. The fourth-order valence-electron chi connectivity index (χ4n) is 1.30. The van der Waals surface area contributed by atoms with E-state index in [0.717, 1.165) is 12.1 Å². The van der Waals surface area contributed by atoms with Crippen molar-refractivity contribution in [3.8, 4) is 11.4 Å². The van der Waals surface area contributed by atoms with Gasteiger partial charge in [0.1, 0.15) is 0 Å². The Kier molecular flexibility index (Phi) is 2.86. The summed E-state index contributed by atoms with van der Waals surface area (Å²) in [5.41, 5.74) is -0.307. The maximum atomic E-state index is 12.3. The summed E-state index contributed by atoms with van der Waals surface area (Å²) in [4.78, 5) is 0. The standard InChI is InChI=1S/C10H6BrF3N2O/c11-9-8(17)5-15-16(9)7-3-1-6(2-4-7)10(12,13)14/h1-5,17H. The second-order valence-electron chi connectivity index (χ2n) is 3.28. The molecule has 0 fully saturated rings. The molecule has 7 heteroatoms. The van der Waals surface area contributed by atoms with Crippen molar-refractivity contribution in [2.75, 3.05) is 0 Å². The van der Waals surface area contributed by atoms with Crippen LogP contribution in [0, 0.1) is 0 Å². The van der Waals surface area contributed by atoms with Crippen LogP contribution in [0.1, 0.15) is 5.56 Å². The van der Waals surface area contributed by atoms with Crippen molar-refractivity contribution >= 4 is 15.9 Å². The Balaban J connectivity index is 2.40. The molecule has 1 aromatic heterocycles. The first-order chi connectivity index (χ1) is 7.89. The molecule has 0 saturated carbocycles. The van der Waals surface area contributed by atoms with E-state index in [9.17, 15) is 18.3 Å². The quantitative estimate of drug-likeness (QED) is 0.877. The van der Waals surface area contributed by atoms with Crippen LogP contribution < -0.4 is 0 Å². The molecule has 0 aliphatic heterocycles. The first-order valence-corrected chi connectivity index (χ1v) is 5.29. The molecule has 0 unspecified atom stereocenters. The van der Waals surface area contributed by atoms with E-state index in [4.69, 9.17) is 0 Å². The summed E-state index contributed by atoms with van der Waals surface area (Å²) >= 11 is 3.07. The molecule has 0 bridgehead atoms. The van der Waals surface area contributed by atoms with Crippen LogP contribution in [-0.2, 0) is 6.18 Å².